The van der Waals surface area contributed by atoms with Gasteiger partial charge in [0.1, 0.15) is 0 Å². The molecule has 0 radical (unpaired) electrons. The lowest BCUT2D eigenvalue weighted by Gasteiger charge is -2.39. The van der Waals surface area contributed by atoms with Gasteiger partial charge in [0.15, 0.2) is 0 Å². The van der Waals surface area contributed by atoms with Crippen LogP contribution in [-0.4, -0.2) is 70.9 Å². The van der Waals surface area contributed by atoms with Crippen LogP contribution in [0.1, 0.15) is 31.7 Å². The molecule has 3 heterocycles. The number of piperazine rings is 1. The standard InChI is InChI=1S/C22H29ClN4O/c1-17(22(28)27-10-3-2-4-11-27)26-14-12-25(13-15-26)16-19-20(23)8-7-18-6-5-9-24-21(18)19/h5-9,17H,2-4,10-16H2,1H3. The van der Waals surface area contributed by atoms with E-state index in [2.05, 4.69) is 32.7 Å². The summed E-state index contributed by atoms with van der Waals surface area (Å²) in [5.41, 5.74) is 2.09. The van der Waals surface area contributed by atoms with Crippen LogP contribution in [0.5, 0.6) is 0 Å². The van der Waals surface area contributed by atoms with Gasteiger partial charge in [-0.05, 0) is 38.3 Å². The molecule has 5 nitrogen and oxygen atoms in total. The van der Waals surface area contributed by atoms with Crippen molar-refractivity contribution in [1.82, 2.24) is 19.7 Å². The number of likely N-dealkylation sites (tertiary alicyclic amines) is 1. The quantitative estimate of drug-likeness (QED) is 0.788. The van der Waals surface area contributed by atoms with Crippen molar-refractivity contribution in [2.24, 2.45) is 0 Å². The highest BCUT2D eigenvalue weighted by molar-refractivity contribution is 6.32. The molecule has 2 saturated heterocycles. The van der Waals surface area contributed by atoms with Crippen molar-refractivity contribution in [2.45, 2.75) is 38.8 Å². The van der Waals surface area contributed by atoms with Crippen molar-refractivity contribution in [3.8, 4) is 0 Å². The van der Waals surface area contributed by atoms with Crippen molar-refractivity contribution in [1.29, 1.82) is 0 Å². The summed E-state index contributed by atoms with van der Waals surface area (Å²) in [6.45, 7) is 8.43. The largest absolute Gasteiger partial charge is 0.341 e. The zero-order valence-corrected chi connectivity index (χ0v) is 17.4. The highest BCUT2D eigenvalue weighted by atomic mass is 35.5. The van der Waals surface area contributed by atoms with Gasteiger partial charge in [0, 0.05) is 68.0 Å². The SMILES string of the molecule is CC(C(=O)N1CCCCC1)N1CCN(Cc2c(Cl)ccc3cccnc23)CC1. The summed E-state index contributed by atoms with van der Waals surface area (Å²) in [6, 6.07) is 8.01. The van der Waals surface area contributed by atoms with Crippen molar-refractivity contribution >= 4 is 28.4 Å². The number of amides is 1. The van der Waals surface area contributed by atoms with Crippen molar-refractivity contribution in [2.75, 3.05) is 39.3 Å². The Kier molecular flexibility index (Phi) is 6.14. The Morgan fingerprint density at radius 3 is 2.57 bits per heavy atom. The Morgan fingerprint density at radius 2 is 1.82 bits per heavy atom. The molecule has 0 spiro atoms. The number of rotatable bonds is 4. The van der Waals surface area contributed by atoms with E-state index in [0.29, 0.717) is 5.91 Å². The maximum absolute atomic E-state index is 12.8. The van der Waals surface area contributed by atoms with E-state index in [-0.39, 0.29) is 6.04 Å². The smallest absolute Gasteiger partial charge is 0.239 e. The number of pyridine rings is 1. The van der Waals surface area contributed by atoms with Crippen LogP contribution < -0.4 is 0 Å². The molecule has 1 unspecified atom stereocenters. The lowest BCUT2D eigenvalue weighted by molar-refractivity contribution is -0.138. The first kappa shape index (κ1) is 19.6. The van der Waals surface area contributed by atoms with Gasteiger partial charge >= 0.3 is 0 Å². The third kappa shape index (κ3) is 4.17. The minimum Gasteiger partial charge on any atom is -0.341 e. The first-order valence-corrected chi connectivity index (χ1v) is 10.8. The van der Waals surface area contributed by atoms with Crippen LogP contribution in [0.2, 0.25) is 5.02 Å². The highest BCUT2D eigenvalue weighted by Crippen LogP contribution is 2.26. The minimum atomic E-state index is -0.0249. The van der Waals surface area contributed by atoms with Gasteiger partial charge in [-0.2, -0.15) is 0 Å². The molecule has 1 amide bonds. The maximum Gasteiger partial charge on any atom is 0.239 e. The van der Waals surface area contributed by atoms with E-state index < -0.39 is 0 Å². The van der Waals surface area contributed by atoms with Gasteiger partial charge in [-0.3, -0.25) is 19.6 Å². The fourth-order valence-electron chi connectivity index (χ4n) is 4.40. The highest BCUT2D eigenvalue weighted by Gasteiger charge is 2.29. The molecule has 1 atom stereocenters. The predicted molar refractivity (Wildman–Crippen MR) is 113 cm³/mol. The predicted octanol–water partition coefficient (Wildman–Crippen LogP) is 3.41. The van der Waals surface area contributed by atoms with Gasteiger partial charge in [0.05, 0.1) is 11.6 Å². The molecule has 2 fully saturated rings. The number of carbonyl (C=O) groups excluding carboxylic acids is 1. The average Bonchev–Trinajstić information content (AvgIpc) is 2.76. The molecule has 1 aromatic heterocycles. The number of halogens is 1. The zero-order valence-electron chi connectivity index (χ0n) is 16.6. The van der Waals surface area contributed by atoms with Crippen LogP contribution in [-0.2, 0) is 11.3 Å². The van der Waals surface area contributed by atoms with Gasteiger partial charge < -0.3 is 4.90 Å². The summed E-state index contributed by atoms with van der Waals surface area (Å²) >= 11 is 6.50. The number of benzene rings is 1. The van der Waals surface area contributed by atoms with E-state index in [9.17, 15) is 4.79 Å². The Hall–Kier alpha value is -1.69. The average molecular weight is 401 g/mol. The monoisotopic (exact) mass is 400 g/mol. The van der Waals surface area contributed by atoms with E-state index in [1.807, 2.05) is 24.4 Å². The Morgan fingerprint density at radius 1 is 1.07 bits per heavy atom. The van der Waals surface area contributed by atoms with Crippen LogP contribution in [0, 0.1) is 0 Å². The molecule has 6 heteroatoms. The fraction of sp³-hybridized carbons (Fsp3) is 0.545. The Bertz CT molecular complexity index is 828. The van der Waals surface area contributed by atoms with Gasteiger partial charge in [0.2, 0.25) is 5.91 Å². The summed E-state index contributed by atoms with van der Waals surface area (Å²) in [5, 5.41) is 1.91. The minimum absolute atomic E-state index is 0.0249. The molecule has 0 bridgehead atoms. The fourth-order valence-corrected chi connectivity index (χ4v) is 4.61. The summed E-state index contributed by atoms with van der Waals surface area (Å²) in [5.74, 6) is 0.300. The Balaban J connectivity index is 1.37. The summed E-state index contributed by atoms with van der Waals surface area (Å²) < 4.78 is 0. The van der Waals surface area contributed by atoms with Gasteiger partial charge in [-0.25, -0.2) is 0 Å². The van der Waals surface area contributed by atoms with E-state index in [4.69, 9.17) is 11.6 Å². The summed E-state index contributed by atoms with van der Waals surface area (Å²) in [4.78, 5) is 24.2. The van der Waals surface area contributed by atoms with Crippen molar-refractivity contribution in [3.05, 3.63) is 41.0 Å². The molecule has 0 N–H and O–H groups in total. The maximum atomic E-state index is 12.8. The second kappa shape index (κ2) is 8.76. The third-order valence-electron chi connectivity index (χ3n) is 6.18. The normalized spacial score (nSPS) is 20.4. The van der Waals surface area contributed by atoms with E-state index in [1.165, 1.54) is 6.42 Å². The van der Waals surface area contributed by atoms with Crippen LogP contribution in [0.25, 0.3) is 10.9 Å². The van der Waals surface area contributed by atoms with Crippen LogP contribution >= 0.6 is 11.6 Å². The molecule has 1 aromatic carbocycles. The molecule has 150 valence electrons. The molecular formula is C22H29ClN4O. The second-order valence-corrected chi connectivity index (χ2v) is 8.38. The molecule has 2 aliphatic heterocycles. The number of fused-ring (bicyclic) bond motifs is 1. The molecule has 0 aliphatic carbocycles. The third-order valence-corrected chi connectivity index (χ3v) is 6.54. The number of hydrogen-bond donors (Lipinski definition) is 0. The van der Waals surface area contributed by atoms with E-state index in [0.717, 1.165) is 80.1 Å². The van der Waals surface area contributed by atoms with Crippen LogP contribution in [0.3, 0.4) is 0 Å². The second-order valence-electron chi connectivity index (χ2n) is 7.98. The van der Waals surface area contributed by atoms with Crippen molar-refractivity contribution < 1.29 is 4.79 Å². The molecule has 2 aromatic rings. The summed E-state index contributed by atoms with van der Waals surface area (Å²) in [7, 11) is 0. The molecule has 28 heavy (non-hydrogen) atoms. The first-order valence-electron chi connectivity index (χ1n) is 10.4. The first-order chi connectivity index (χ1) is 13.6. The lowest BCUT2D eigenvalue weighted by atomic mass is 10.1. The van der Waals surface area contributed by atoms with Gasteiger partial charge in [-0.15, -0.1) is 0 Å². The van der Waals surface area contributed by atoms with Crippen LogP contribution in [0.4, 0.5) is 0 Å². The Labute approximate surface area is 172 Å². The number of aromatic nitrogens is 1. The van der Waals surface area contributed by atoms with Gasteiger partial charge in [-0.1, -0.05) is 23.7 Å². The zero-order chi connectivity index (χ0) is 19.5. The lowest BCUT2D eigenvalue weighted by Crippen LogP contribution is -2.54. The number of hydrogen-bond acceptors (Lipinski definition) is 4. The molecular weight excluding hydrogens is 372 g/mol. The van der Waals surface area contributed by atoms with Crippen LogP contribution in [0.15, 0.2) is 30.5 Å². The van der Waals surface area contributed by atoms with E-state index >= 15 is 0 Å². The number of nitrogens with zero attached hydrogens (tertiary/aromatic N) is 4. The van der Waals surface area contributed by atoms with Gasteiger partial charge in [0.25, 0.3) is 0 Å². The number of carbonyl (C=O) groups is 1. The molecule has 0 saturated carbocycles. The topological polar surface area (TPSA) is 39.7 Å². The van der Waals surface area contributed by atoms with E-state index in [1.54, 1.807) is 0 Å². The molecule has 4 rings (SSSR count). The summed E-state index contributed by atoms with van der Waals surface area (Å²) in [6.07, 6.45) is 5.37. The number of piperidine rings is 1. The molecule has 2 aliphatic rings. The van der Waals surface area contributed by atoms with Crippen molar-refractivity contribution in [3.63, 3.8) is 0 Å².